The Kier molecular flexibility index (Phi) is 8.34. The van der Waals surface area contributed by atoms with Gasteiger partial charge in [0.1, 0.15) is 0 Å². The van der Waals surface area contributed by atoms with Gasteiger partial charge in [-0.05, 0) is 47.7 Å². The van der Waals surface area contributed by atoms with Crippen LogP contribution in [-0.4, -0.2) is 36.3 Å². The molecule has 0 saturated heterocycles. The summed E-state index contributed by atoms with van der Waals surface area (Å²) in [7, 11) is -3.46. The number of nitrogens with one attached hydrogen (secondary N) is 2. The minimum atomic E-state index is -3.46. The van der Waals surface area contributed by atoms with Crippen molar-refractivity contribution in [3.63, 3.8) is 0 Å². The predicted octanol–water partition coefficient (Wildman–Crippen LogP) is 5.25. The molecule has 0 spiro atoms. The zero-order chi connectivity index (χ0) is 26.6. The Morgan fingerprint density at radius 3 is 2.54 bits per heavy atom. The summed E-state index contributed by atoms with van der Waals surface area (Å²) in [6.45, 7) is 1.93. The van der Waals surface area contributed by atoms with Gasteiger partial charge in [-0.2, -0.15) is 5.10 Å². The largest absolute Gasteiger partial charge is 0.326 e. The molecule has 1 heterocycles. The van der Waals surface area contributed by atoms with Gasteiger partial charge in [-0.3, -0.25) is 14.3 Å². The molecule has 196 valence electrons. The fourth-order valence-electron chi connectivity index (χ4n) is 4.88. The van der Waals surface area contributed by atoms with Crippen LogP contribution in [-0.2, 0) is 26.0 Å². The summed E-state index contributed by atoms with van der Waals surface area (Å²) in [6, 6.07) is 14.0. The van der Waals surface area contributed by atoms with Crippen LogP contribution in [0, 0.1) is 5.92 Å². The standard InChI is InChI=1S/C27H31ClN4O4S/c1-18(33)29-22-9-5-8-20(14-22)17-32-13-12-26(31-32)30-27(34)23(15-19-6-3-4-7-19)21-10-11-25(24(28)16-21)37(2,35)36/h5,8-14,16,19,23H,3-4,6-7,15,17H2,1-2H3,(H,29,33)(H,30,31,34)/t23-/m1/s1. The minimum absolute atomic E-state index is 0.0549. The lowest BCUT2D eigenvalue weighted by Crippen LogP contribution is -2.23. The molecule has 1 aliphatic carbocycles. The number of anilines is 2. The molecule has 2 N–H and O–H groups in total. The number of hydrogen-bond donors (Lipinski definition) is 2. The molecule has 0 radical (unpaired) electrons. The van der Waals surface area contributed by atoms with Crippen molar-refractivity contribution >= 4 is 44.8 Å². The third-order valence-electron chi connectivity index (χ3n) is 6.60. The monoisotopic (exact) mass is 542 g/mol. The number of hydrogen-bond acceptors (Lipinski definition) is 5. The summed E-state index contributed by atoms with van der Waals surface area (Å²) in [4.78, 5) is 24.8. The van der Waals surface area contributed by atoms with E-state index in [1.807, 2.05) is 24.3 Å². The highest BCUT2D eigenvalue weighted by atomic mass is 35.5. The Labute approximate surface area is 222 Å². The molecule has 2 amide bonds. The van der Waals surface area contributed by atoms with Gasteiger partial charge < -0.3 is 10.6 Å². The van der Waals surface area contributed by atoms with E-state index in [2.05, 4.69) is 15.7 Å². The lowest BCUT2D eigenvalue weighted by molar-refractivity contribution is -0.118. The van der Waals surface area contributed by atoms with Crippen LogP contribution in [0.5, 0.6) is 0 Å². The summed E-state index contributed by atoms with van der Waals surface area (Å²) >= 11 is 6.31. The maximum Gasteiger partial charge on any atom is 0.233 e. The first-order valence-electron chi connectivity index (χ1n) is 12.3. The van der Waals surface area contributed by atoms with Crippen molar-refractivity contribution in [2.45, 2.75) is 56.4 Å². The molecule has 10 heteroatoms. The number of carbonyl (C=O) groups is 2. The van der Waals surface area contributed by atoms with Crippen LogP contribution in [0.2, 0.25) is 5.02 Å². The van der Waals surface area contributed by atoms with Crippen molar-refractivity contribution in [2.75, 3.05) is 16.9 Å². The van der Waals surface area contributed by atoms with Gasteiger partial charge in [-0.1, -0.05) is 55.5 Å². The molecule has 0 bridgehead atoms. The second-order valence-electron chi connectivity index (χ2n) is 9.67. The normalized spacial score (nSPS) is 14.9. The maximum absolute atomic E-state index is 13.4. The summed E-state index contributed by atoms with van der Waals surface area (Å²) in [5.41, 5.74) is 2.35. The van der Waals surface area contributed by atoms with Crippen LogP contribution in [0.1, 0.15) is 56.1 Å². The first kappa shape index (κ1) is 26.9. The highest BCUT2D eigenvalue weighted by molar-refractivity contribution is 7.90. The summed E-state index contributed by atoms with van der Waals surface area (Å²) in [5, 5.41) is 10.3. The van der Waals surface area contributed by atoms with Crippen LogP contribution >= 0.6 is 11.6 Å². The number of rotatable bonds is 9. The van der Waals surface area contributed by atoms with Gasteiger partial charge in [-0.25, -0.2) is 8.42 Å². The second-order valence-corrected chi connectivity index (χ2v) is 12.1. The molecule has 2 aromatic carbocycles. The molecule has 8 nitrogen and oxygen atoms in total. The fourth-order valence-corrected chi connectivity index (χ4v) is 6.21. The van der Waals surface area contributed by atoms with Crippen molar-refractivity contribution in [3.05, 3.63) is 70.9 Å². The van der Waals surface area contributed by atoms with Gasteiger partial charge in [0.25, 0.3) is 0 Å². The van der Waals surface area contributed by atoms with E-state index in [-0.39, 0.29) is 21.7 Å². The topological polar surface area (TPSA) is 110 Å². The SMILES string of the molecule is CC(=O)Nc1cccc(Cn2ccc(NC(=O)[C@H](CC3CCCC3)c3ccc(S(C)(=O)=O)c(Cl)c3)n2)c1. The van der Waals surface area contributed by atoms with E-state index in [9.17, 15) is 18.0 Å². The lowest BCUT2D eigenvalue weighted by Gasteiger charge is -2.21. The van der Waals surface area contributed by atoms with Crippen molar-refractivity contribution in [3.8, 4) is 0 Å². The molecule has 1 fully saturated rings. The lowest BCUT2D eigenvalue weighted by atomic mass is 9.87. The number of halogens is 1. The molecule has 1 atom stereocenters. The van der Waals surface area contributed by atoms with Crippen LogP contribution in [0.4, 0.5) is 11.5 Å². The third kappa shape index (κ3) is 7.20. The summed E-state index contributed by atoms with van der Waals surface area (Å²) < 4.78 is 25.7. The van der Waals surface area contributed by atoms with Gasteiger partial charge in [0.05, 0.1) is 22.4 Å². The predicted molar refractivity (Wildman–Crippen MR) is 145 cm³/mol. The summed E-state index contributed by atoms with van der Waals surface area (Å²) in [5.74, 6) is 0.0400. The smallest absolute Gasteiger partial charge is 0.233 e. The van der Waals surface area contributed by atoms with E-state index in [0.29, 0.717) is 36.0 Å². The van der Waals surface area contributed by atoms with Gasteiger partial charge in [-0.15, -0.1) is 0 Å². The zero-order valence-electron chi connectivity index (χ0n) is 20.9. The van der Waals surface area contributed by atoms with Gasteiger partial charge in [0.15, 0.2) is 15.7 Å². The van der Waals surface area contributed by atoms with E-state index in [1.54, 1.807) is 29.1 Å². The van der Waals surface area contributed by atoms with E-state index < -0.39 is 15.8 Å². The van der Waals surface area contributed by atoms with E-state index in [1.165, 1.54) is 13.0 Å². The molecule has 1 aliphatic rings. The minimum Gasteiger partial charge on any atom is -0.326 e. The summed E-state index contributed by atoms with van der Waals surface area (Å²) in [6.07, 6.45) is 8.02. The first-order chi connectivity index (χ1) is 17.6. The molecule has 4 rings (SSSR count). The molecule has 0 unspecified atom stereocenters. The molecule has 37 heavy (non-hydrogen) atoms. The zero-order valence-corrected chi connectivity index (χ0v) is 22.5. The first-order valence-corrected chi connectivity index (χ1v) is 14.6. The molecule has 0 aliphatic heterocycles. The highest BCUT2D eigenvalue weighted by Gasteiger charge is 2.28. The average Bonchev–Trinajstić information content (AvgIpc) is 3.48. The Morgan fingerprint density at radius 1 is 1.11 bits per heavy atom. The molecule has 1 saturated carbocycles. The van der Waals surface area contributed by atoms with E-state index in [4.69, 9.17) is 11.6 Å². The van der Waals surface area contributed by atoms with Crippen molar-refractivity contribution in [2.24, 2.45) is 5.92 Å². The Balaban J connectivity index is 1.50. The van der Waals surface area contributed by atoms with Crippen LogP contribution in [0.25, 0.3) is 0 Å². The molecule has 1 aromatic heterocycles. The molecular weight excluding hydrogens is 512 g/mol. The number of sulfone groups is 1. The number of aromatic nitrogens is 2. The van der Waals surface area contributed by atoms with E-state index >= 15 is 0 Å². The van der Waals surface area contributed by atoms with E-state index in [0.717, 1.165) is 37.5 Å². The van der Waals surface area contributed by atoms with Crippen molar-refractivity contribution in [1.82, 2.24) is 9.78 Å². The van der Waals surface area contributed by atoms with Crippen molar-refractivity contribution < 1.29 is 18.0 Å². The maximum atomic E-state index is 13.4. The second kappa shape index (κ2) is 11.5. The fraction of sp³-hybridized carbons (Fsp3) is 0.370. The third-order valence-corrected chi connectivity index (χ3v) is 8.18. The number of amides is 2. The van der Waals surface area contributed by atoms with Gasteiger partial charge >= 0.3 is 0 Å². The van der Waals surface area contributed by atoms with Crippen LogP contribution < -0.4 is 10.6 Å². The Morgan fingerprint density at radius 2 is 1.86 bits per heavy atom. The molecular formula is C27H31ClN4O4S. The van der Waals surface area contributed by atoms with Gasteiger partial charge in [0.2, 0.25) is 11.8 Å². The Bertz CT molecular complexity index is 1400. The number of benzene rings is 2. The Hall–Kier alpha value is -3.17. The number of carbonyl (C=O) groups excluding carboxylic acids is 2. The van der Waals surface area contributed by atoms with Crippen LogP contribution in [0.15, 0.2) is 59.6 Å². The van der Waals surface area contributed by atoms with Crippen LogP contribution in [0.3, 0.4) is 0 Å². The highest BCUT2D eigenvalue weighted by Crippen LogP contribution is 2.36. The average molecular weight is 543 g/mol. The molecule has 3 aromatic rings. The van der Waals surface area contributed by atoms with Crippen molar-refractivity contribution in [1.29, 1.82) is 0 Å². The quantitative estimate of drug-likeness (QED) is 0.384. The number of nitrogens with zero attached hydrogens (tertiary/aromatic N) is 2. The van der Waals surface area contributed by atoms with Gasteiger partial charge in [0, 0.05) is 31.1 Å².